The Bertz CT molecular complexity index is 1100. The van der Waals surface area contributed by atoms with Gasteiger partial charge in [-0.25, -0.2) is 4.39 Å². The van der Waals surface area contributed by atoms with Crippen LogP contribution in [0, 0.1) is 22.6 Å². The van der Waals surface area contributed by atoms with Crippen LogP contribution in [0.5, 0.6) is 0 Å². The van der Waals surface area contributed by atoms with E-state index in [4.69, 9.17) is 27.9 Å². The topological polar surface area (TPSA) is 62.1 Å². The fourth-order valence-corrected chi connectivity index (χ4v) is 5.14. The van der Waals surface area contributed by atoms with E-state index in [0.717, 1.165) is 0 Å². The van der Waals surface area contributed by atoms with Gasteiger partial charge < -0.3 is 4.74 Å². The highest BCUT2D eigenvalue weighted by atomic mass is 35.5. The Morgan fingerprint density at radius 3 is 2.26 bits per heavy atom. The third kappa shape index (κ3) is 5.25. The van der Waals surface area contributed by atoms with Crippen LogP contribution in [0.2, 0.25) is 10.0 Å². The molecule has 4 atom stereocenters. The number of esters is 1. The van der Waals surface area contributed by atoms with Gasteiger partial charge >= 0.3 is 5.97 Å². The lowest BCUT2D eigenvalue weighted by Crippen LogP contribution is -2.44. The van der Waals surface area contributed by atoms with E-state index in [1.165, 1.54) is 6.07 Å². The molecule has 0 saturated carbocycles. The summed E-state index contributed by atoms with van der Waals surface area (Å²) in [6, 6.07) is 12.7. The normalized spacial score (nSPS) is 25.1. The number of carbonyl (C=O) groups is 1. The van der Waals surface area contributed by atoms with Crippen molar-refractivity contribution in [2.75, 3.05) is 0 Å². The number of carbonyl (C=O) groups excluding carboxylic acids is 1. The summed E-state index contributed by atoms with van der Waals surface area (Å²) in [5, 5.41) is 14.6. The van der Waals surface area contributed by atoms with Crippen molar-refractivity contribution in [1.82, 2.24) is 5.32 Å². The Balaban J connectivity index is 2.32. The summed E-state index contributed by atoms with van der Waals surface area (Å²) in [5.74, 6) is -2.07. The average Bonchev–Trinajstić information content (AvgIpc) is 3.02. The van der Waals surface area contributed by atoms with Crippen LogP contribution in [0.25, 0.3) is 0 Å². The summed E-state index contributed by atoms with van der Waals surface area (Å²) in [6.45, 7) is 11.5. The molecule has 1 heterocycles. The Labute approximate surface area is 211 Å². The van der Waals surface area contributed by atoms with Crippen molar-refractivity contribution < 1.29 is 13.9 Å². The molecule has 4 nitrogen and oxygen atoms in total. The van der Waals surface area contributed by atoms with Crippen molar-refractivity contribution in [3.63, 3.8) is 0 Å². The van der Waals surface area contributed by atoms with Gasteiger partial charge in [0.1, 0.15) is 22.9 Å². The highest BCUT2D eigenvalue weighted by molar-refractivity contribution is 6.31. The van der Waals surface area contributed by atoms with Crippen LogP contribution < -0.4 is 5.32 Å². The van der Waals surface area contributed by atoms with Crippen LogP contribution >= 0.6 is 23.2 Å². The summed E-state index contributed by atoms with van der Waals surface area (Å²) in [4.78, 5) is 13.5. The van der Waals surface area contributed by atoms with E-state index in [0.29, 0.717) is 17.0 Å². The highest BCUT2D eigenvalue weighted by Crippen LogP contribution is 2.52. The number of benzene rings is 2. The van der Waals surface area contributed by atoms with Gasteiger partial charge in [-0.2, -0.15) is 5.26 Å². The van der Waals surface area contributed by atoms with E-state index < -0.39 is 40.8 Å². The first-order valence-electron chi connectivity index (χ1n) is 11.3. The average molecular weight is 505 g/mol. The molecule has 1 N–H and O–H groups in total. The van der Waals surface area contributed by atoms with Crippen molar-refractivity contribution in [2.45, 2.75) is 77.0 Å². The number of nitrogens with one attached hydrogen (secondary N) is 1. The standard InChI is InChI=1S/C27H31Cl2FN2O2/c1-25(2,3)14-20-27(15-31,16-10-12-17(28)13-11-16)21(18-8-7-9-19(29)22(18)30)23(32-20)24(33)34-26(4,5)6/h7-13,20-21,23,32H,14H2,1-6H3. The van der Waals surface area contributed by atoms with Gasteiger partial charge in [0.25, 0.3) is 0 Å². The largest absolute Gasteiger partial charge is 0.459 e. The zero-order chi connectivity index (χ0) is 25.5. The van der Waals surface area contributed by atoms with Crippen molar-refractivity contribution >= 4 is 29.2 Å². The van der Waals surface area contributed by atoms with Gasteiger partial charge in [0.15, 0.2) is 0 Å². The van der Waals surface area contributed by atoms with Gasteiger partial charge in [-0.15, -0.1) is 0 Å². The predicted molar refractivity (Wildman–Crippen MR) is 134 cm³/mol. The lowest BCUT2D eigenvalue weighted by atomic mass is 9.63. The molecule has 34 heavy (non-hydrogen) atoms. The fourth-order valence-electron chi connectivity index (χ4n) is 4.83. The minimum Gasteiger partial charge on any atom is -0.459 e. The monoisotopic (exact) mass is 504 g/mol. The molecule has 0 radical (unpaired) electrons. The van der Waals surface area contributed by atoms with Crippen LogP contribution in [0.15, 0.2) is 42.5 Å². The number of hydrogen-bond acceptors (Lipinski definition) is 4. The number of ether oxygens (including phenoxy) is 1. The van der Waals surface area contributed by atoms with Crippen LogP contribution in [-0.2, 0) is 14.9 Å². The maximum absolute atomic E-state index is 15.5. The Kier molecular flexibility index (Phi) is 7.39. The van der Waals surface area contributed by atoms with Gasteiger partial charge in [0, 0.05) is 17.0 Å². The molecule has 0 amide bonds. The van der Waals surface area contributed by atoms with Crippen molar-refractivity contribution in [3.8, 4) is 6.07 Å². The van der Waals surface area contributed by atoms with Gasteiger partial charge in [-0.3, -0.25) is 10.1 Å². The first-order chi connectivity index (χ1) is 15.7. The van der Waals surface area contributed by atoms with Crippen LogP contribution in [0.3, 0.4) is 0 Å². The second kappa shape index (κ2) is 9.49. The molecular formula is C27H31Cl2FN2O2. The molecule has 1 saturated heterocycles. The summed E-state index contributed by atoms with van der Waals surface area (Å²) in [5.41, 5.74) is -1.38. The summed E-state index contributed by atoms with van der Waals surface area (Å²) in [6.07, 6.45) is 0.557. The number of nitriles is 1. The predicted octanol–water partition coefficient (Wildman–Crippen LogP) is 6.80. The van der Waals surface area contributed by atoms with Crippen molar-refractivity contribution in [3.05, 3.63) is 69.5 Å². The summed E-state index contributed by atoms with van der Waals surface area (Å²) >= 11 is 12.3. The Morgan fingerprint density at radius 2 is 1.74 bits per heavy atom. The zero-order valence-corrected chi connectivity index (χ0v) is 21.9. The second-order valence-electron chi connectivity index (χ2n) is 11.1. The van der Waals surface area contributed by atoms with E-state index >= 15 is 4.39 Å². The van der Waals surface area contributed by atoms with Gasteiger partial charge in [-0.1, -0.05) is 68.2 Å². The number of hydrogen-bond donors (Lipinski definition) is 1. The molecule has 4 unspecified atom stereocenters. The van der Waals surface area contributed by atoms with Crippen LogP contribution in [0.1, 0.15) is 65.0 Å². The third-order valence-corrected chi connectivity index (χ3v) is 6.60. The first-order valence-corrected chi connectivity index (χ1v) is 12.1. The molecule has 0 aliphatic carbocycles. The zero-order valence-electron chi connectivity index (χ0n) is 20.4. The Hall–Kier alpha value is -2.13. The molecule has 2 aromatic rings. The molecule has 2 aromatic carbocycles. The molecule has 3 rings (SSSR count). The maximum atomic E-state index is 15.5. The summed E-state index contributed by atoms with van der Waals surface area (Å²) in [7, 11) is 0. The van der Waals surface area contributed by atoms with E-state index in [-0.39, 0.29) is 16.0 Å². The SMILES string of the molecule is CC(C)(C)CC1NC(C(=O)OC(C)(C)C)C(c2cccc(Cl)c2F)C1(C#N)c1ccc(Cl)cc1. The highest BCUT2D eigenvalue weighted by Gasteiger charge is 2.61. The lowest BCUT2D eigenvalue weighted by molar-refractivity contribution is -0.157. The number of halogens is 3. The molecule has 182 valence electrons. The maximum Gasteiger partial charge on any atom is 0.324 e. The molecule has 0 aromatic heterocycles. The minimum atomic E-state index is -1.29. The van der Waals surface area contributed by atoms with Crippen LogP contribution in [0.4, 0.5) is 4.39 Å². The Morgan fingerprint density at radius 1 is 1.12 bits per heavy atom. The molecule has 0 bridgehead atoms. The molecule has 1 aliphatic rings. The second-order valence-corrected chi connectivity index (χ2v) is 11.9. The van der Waals surface area contributed by atoms with Crippen LogP contribution in [-0.4, -0.2) is 23.7 Å². The third-order valence-electron chi connectivity index (χ3n) is 6.05. The molecule has 7 heteroatoms. The van der Waals surface area contributed by atoms with E-state index in [2.05, 4.69) is 32.2 Å². The summed E-state index contributed by atoms with van der Waals surface area (Å²) < 4.78 is 21.2. The van der Waals surface area contributed by atoms with E-state index in [1.54, 1.807) is 57.2 Å². The van der Waals surface area contributed by atoms with Gasteiger partial charge in [0.2, 0.25) is 0 Å². The van der Waals surface area contributed by atoms with Crippen molar-refractivity contribution in [1.29, 1.82) is 5.26 Å². The molecule has 1 aliphatic heterocycles. The molecular weight excluding hydrogens is 474 g/mol. The molecule has 1 fully saturated rings. The minimum absolute atomic E-state index is 0.0670. The fraction of sp³-hybridized carbons (Fsp3) is 0.481. The van der Waals surface area contributed by atoms with Crippen molar-refractivity contribution in [2.24, 2.45) is 5.41 Å². The quantitative estimate of drug-likeness (QED) is 0.465. The smallest absolute Gasteiger partial charge is 0.324 e. The first kappa shape index (κ1) is 26.5. The number of rotatable bonds is 4. The lowest BCUT2D eigenvalue weighted by Gasteiger charge is -2.37. The van der Waals surface area contributed by atoms with Gasteiger partial charge in [-0.05, 0) is 61.9 Å². The van der Waals surface area contributed by atoms with E-state index in [9.17, 15) is 10.1 Å². The number of nitrogens with zero attached hydrogens (tertiary/aromatic N) is 1. The van der Waals surface area contributed by atoms with Gasteiger partial charge in [0.05, 0.1) is 11.1 Å². The van der Waals surface area contributed by atoms with E-state index in [1.807, 2.05) is 0 Å². The molecule has 0 spiro atoms.